The first kappa shape index (κ1) is 21.0. The van der Waals surface area contributed by atoms with Gasteiger partial charge >= 0.3 is 0 Å². The van der Waals surface area contributed by atoms with E-state index >= 15 is 0 Å². The third-order valence-corrected chi connectivity index (χ3v) is 7.82. The molecule has 1 aromatic rings. The number of likely N-dealkylation sites (N-methyl/N-ethyl adjacent to an activating group) is 1. The number of carbonyl (C=O) groups is 1. The summed E-state index contributed by atoms with van der Waals surface area (Å²) in [4.78, 5) is 13.8. The van der Waals surface area contributed by atoms with E-state index < -0.39 is 11.4 Å². The molecule has 5 heteroatoms. The van der Waals surface area contributed by atoms with Crippen molar-refractivity contribution >= 4 is 17.2 Å². The van der Waals surface area contributed by atoms with Gasteiger partial charge in [-0.05, 0) is 63.0 Å². The average Bonchev–Trinajstić information content (AvgIpc) is 3.40. The number of ether oxygens (including phenoxy) is 1. The highest BCUT2D eigenvalue weighted by Crippen LogP contribution is 2.71. The molecule has 0 aliphatic heterocycles. The number of anilines is 1. The van der Waals surface area contributed by atoms with Gasteiger partial charge in [0.1, 0.15) is 11.4 Å². The summed E-state index contributed by atoms with van der Waals surface area (Å²) in [6.07, 6.45) is 8.72. The summed E-state index contributed by atoms with van der Waals surface area (Å²) in [6.45, 7) is 3.97. The van der Waals surface area contributed by atoms with Gasteiger partial charge in [-0.25, -0.2) is 4.39 Å². The van der Waals surface area contributed by atoms with Crippen molar-refractivity contribution in [2.45, 2.75) is 56.9 Å². The molecule has 30 heavy (non-hydrogen) atoms. The zero-order chi connectivity index (χ0) is 21.7. The molecule has 3 atom stereocenters. The van der Waals surface area contributed by atoms with Crippen molar-refractivity contribution in [3.63, 3.8) is 0 Å². The molecule has 0 amide bonds. The van der Waals surface area contributed by atoms with Gasteiger partial charge in [-0.2, -0.15) is 0 Å². The molecule has 4 nitrogen and oxygen atoms in total. The predicted octanol–water partition coefficient (Wildman–Crippen LogP) is 5.13. The monoisotopic (exact) mass is 410 g/mol. The summed E-state index contributed by atoms with van der Waals surface area (Å²) in [5.41, 5.74) is 1.97. The van der Waals surface area contributed by atoms with Crippen LogP contribution in [0.1, 0.15) is 51.5 Å². The van der Waals surface area contributed by atoms with E-state index in [2.05, 4.69) is 24.3 Å². The number of nitrogens with one attached hydrogen (secondary N) is 1. The topological polar surface area (TPSA) is 53.4 Å². The van der Waals surface area contributed by atoms with Gasteiger partial charge in [-0.1, -0.05) is 25.0 Å². The second-order valence-electron chi connectivity index (χ2n) is 9.45. The predicted molar refractivity (Wildman–Crippen MR) is 118 cm³/mol. The van der Waals surface area contributed by atoms with Gasteiger partial charge in [0, 0.05) is 36.2 Å². The Bertz CT molecular complexity index is 946. The van der Waals surface area contributed by atoms with Crippen molar-refractivity contribution in [3.05, 3.63) is 53.4 Å². The van der Waals surface area contributed by atoms with E-state index in [1.54, 1.807) is 14.0 Å². The number of Topliss-reactive ketones (excluding diaryl/α,β-unsaturated/α-hetero) is 1. The van der Waals surface area contributed by atoms with Gasteiger partial charge < -0.3 is 15.0 Å². The molecule has 0 heterocycles. The molecule has 0 spiro atoms. The molecule has 0 saturated heterocycles. The van der Waals surface area contributed by atoms with Crippen LogP contribution in [0.4, 0.5) is 10.1 Å². The van der Waals surface area contributed by atoms with Crippen molar-refractivity contribution in [2.24, 2.45) is 5.41 Å². The zero-order valence-corrected chi connectivity index (χ0v) is 18.3. The molecule has 0 bridgehead atoms. The number of halogens is 1. The Balaban J connectivity index is 1.61. The van der Waals surface area contributed by atoms with Crippen LogP contribution in [0.15, 0.2) is 47.8 Å². The Labute approximate surface area is 178 Å². The van der Waals surface area contributed by atoms with Gasteiger partial charge in [-0.3, -0.25) is 4.79 Å². The SMILES string of the molecule is COCC12CCCCC1(c1ccc(N(C)C3(C)C=C(F)C=C(C(C)=O)C3=N)cc1)C2. The van der Waals surface area contributed by atoms with Crippen LogP contribution >= 0.6 is 0 Å². The van der Waals surface area contributed by atoms with E-state index in [-0.39, 0.29) is 27.9 Å². The van der Waals surface area contributed by atoms with Crippen LogP contribution in [0.25, 0.3) is 0 Å². The van der Waals surface area contributed by atoms with Crippen LogP contribution in [-0.2, 0) is 14.9 Å². The highest BCUT2D eigenvalue weighted by molar-refractivity contribution is 6.26. The lowest BCUT2D eigenvalue weighted by Gasteiger charge is -2.40. The van der Waals surface area contributed by atoms with Crippen LogP contribution in [0.3, 0.4) is 0 Å². The maximum Gasteiger partial charge on any atom is 0.161 e. The van der Waals surface area contributed by atoms with Crippen LogP contribution in [0.5, 0.6) is 0 Å². The molecular formula is C25H31FN2O2. The summed E-state index contributed by atoms with van der Waals surface area (Å²) in [7, 11) is 3.64. The number of hydrogen-bond donors (Lipinski definition) is 1. The van der Waals surface area contributed by atoms with Crippen molar-refractivity contribution < 1.29 is 13.9 Å². The maximum absolute atomic E-state index is 14.3. The number of allylic oxidation sites excluding steroid dienone is 2. The van der Waals surface area contributed by atoms with E-state index in [0.29, 0.717) is 0 Å². The Morgan fingerprint density at radius 1 is 1.23 bits per heavy atom. The smallest absolute Gasteiger partial charge is 0.161 e. The van der Waals surface area contributed by atoms with Crippen molar-refractivity contribution in [2.75, 3.05) is 25.7 Å². The largest absolute Gasteiger partial charge is 0.384 e. The molecule has 1 N–H and O–H groups in total. The number of benzene rings is 1. The van der Waals surface area contributed by atoms with Crippen molar-refractivity contribution in [3.8, 4) is 0 Å². The van der Waals surface area contributed by atoms with Crippen LogP contribution < -0.4 is 4.90 Å². The summed E-state index contributed by atoms with van der Waals surface area (Å²) < 4.78 is 19.9. The number of rotatable bonds is 6. The minimum absolute atomic E-state index is 0.121. The zero-order valence-electron chi connectivity index (χ0n) is 18.3. The minimum Gasteiger partial charge on any atom is -0.384 e. The van der Waals surface area contributed by atoms with Gasteiger partial charge in [0.15, 0.2) is 5.78 Å². The van der Waals surface area contributed by atoms with Crippen molar-refractivity contribution in [1.82, 2.24) is 0 Å². The second-order valence-corrected chi connectivity index (χ2v) is 9.45. The number of fused-ring (bicyclic) bond motifs is 1. The van der Waals surface area contributed by atoms with Crippen LogP contribution in [0.2, 0.25) is 0 Å². The first-order valence-electron chi connectivity index (χ1n) is 10.7. The second kappa shape index (κ2) is 7.16. The quantitative estimate of drug-likeness (QED) is 0.707. The van der Waals surface area contributed by atoms with Crippen molar-refractivity contribution in [1.29, 1.82) is 5.41 Å². The Hall–Kier alpha value is -2.27. The average molecular weight is 411 g/mol. The van der Waals surface area contributed by atoms with Gasteiger partial charge in [0.25, 0.3) is 0 Å². The van der Waals surface area contributed by atoms with E-state index in [9.17, 15) is 9.18 Å². The Kier molecular flexibility index (Phi) is 5.00. The van der Waals surface area contributed by atoms with E-state index in [4.69, 9.17) is 10.1 Å². The number of hydrogen-bond acceptors (Lipinski definition) is 4. The molecule has 2 fully saturated rings. The maximum atomic E-state index is 14.3. The fourth-order valence-electron chi connectivity index (χ4n) is 5.87. The minimum atomic E-state index is -1.02. The molecule has 160 valence electrons. The van der Waals surface area contributed by atoms with Crippen LogP contribution in [0, 0.1) is 10.8 Å². The molecule has 1 aromatic carbocycles. The Morgan fingerprint density at radius 2 is 1.90 bits per heavy atom. The summed E-state index contributed by atoms with van der Waals surface area (Å²) in [5.74, 6) is -0.775. The standard InChI is InChI=1S/C25H31FN2O2/c1-17(29)21-13-19(26)14-23(2,22(21)27)28(3)20-9-7-18(8-10-20)25-12-6-5-11-24(25,15-25)16-30-4/h7-10,13-14,27H,5-6,11-12,15-16H2,1-4H3. The van der Waals surface area contributed by atoms with Gasteiger partial charge in [-0.15, -0.1) is 0 Å². The van der Waals surface area contributed by atoms with E-state index in [1.165, 1.54) is 50.7 Å². The highest BCUT2D eigenvalue weighted by Gasteiger charge is 2.67. The lowest BCUT2D eigenvalue weighted by atomic mass is 9.75. The van der Waals surface area contributed by atoms with E-state index in [1.807, 2.05) is 11.9 Å². The fraction of sp³-hybridized carbons (Fsp3) is 0.520. The normalized spacial score (nSPS) is 32.8. The van der Waals surface area contributed by atoms with Gasteiger partial charge in [0.2, 0.25) is 0 Å². The number of carbonyl (C=O) groups excluding carboxylic acids is 1. The molecule has 3 aliphatic rings. The molecule has 0 aromatic heterocycles. The third-order valence-electron chi connectivity index (χ3n) is 7.82. The first-order chi connectivity index (χ1) is 14.2. The highest BCUT2D eigenvalue weighted by atomic mass is 19.1. The summed E-state index contributed by atoms with van der Waals surface area (Å²) in [6, 6.07) is 8.49. The molecule has 4 rings (SSSR count). The number of methoxy groups -OCH3 is 1. The first-order valence-corrected chi connectivity index (χ1v) is 10.7. The van der Waals surface area contributed by atoms with Crippen LogP contribution in [-0.4, -0.2) is 37.8 Å². The molecule has 3 unspecified atom stereocenters. The van der Waals surface area contributed by atoms with Gasteiger partial charge in [0.05, 0.1) is 12.3 Å². The lowest BCUT2D eigenvalue weighted by molar-refractivity contribution is -0.113. The number of ketones is 1. The summed E-state index contributed by atoms with van der Waals surface area (Å²) >= 11 is 0. The summed E-state index contributed by atoms with van der Waals surface area (Å²) in [5, 5.41) is 8.56. The third kappa shape index (κ3) is 2.97. The number of nitrogens with zero attached hydrogens (tertiary/aromatic N) is 1. The molecule has 3 aliphatic carbocycles. The fourth-order valence-corrected chi connectivity index (χ4v) is 5.87. The molecule has 0 radical (unpaired) electrons. The Morgan fingerprint density at radius 3 is 2.53 bits per heavy atom. The molecular weight excluding hydrogens is 379 g/mol. The molecule has 2 saturated carbocycles. The lowest BCUT2D eigenvalue weighted by Crippen LogP contribution is -2.51. The van der Waals surface area contributed by atoms with E-state index in [0.717, 1.165) is 18.4 Å².